The second-order valence-electron chi connectivity index (χ2n) is 7.21. The maximum absolute atomic E-state index is 6.36. The van der Waals surface area contributed by atoms with Gasteiger partial charge in [0.15, 0.2) is 0 Å². The zero-order valence-corrected chi connectivity index (χ0v) is 16.2. The van der Waals surface area contributed by atoms with Crippen LogP contribution in [0.3, 0.4) is 0 Å². The average Bonchev–Trinajstić information content (AvgIpc) is 3.15. The third-order valence-corrected chi connectivity index (χ3v) is 5.44. The smallest absolute Gasteiger partial charge is 0.220 e. The maximum Gasteiger partial charge on any atom is 0.220 e. The van der Waals surface area contributed by atoms with Crippen LogP contribution in [0.1, 0.15) is 44.7 Å². The van der Waals surface area contributed by atoms with E-state index < -0.39 is 5.66 Å². The lowest BCUT2D eigenvalue weighted by Crippen LogP contribution is -2.58. The highest BCUT2D eigenvalue weighted by Crippen LogP contribution is 2.42. The van der Waals surface area contributed by atoms with Crippen molar-refractivity contribution >= 4 is 17.6 Å². The van der Waals surface area contributed by atoms with Crippen LogP contribution in [0.5, 0.6) is 5.75 Å². The Kier molecular flexibility index (Phi) is 4.93. The lowest BCUT2D eigenvalue weighted by Gasteiger charge is -2.45. The van der Waals surface area contributed by atoms with Crippen LogP contribution in [0.25, 0.3) is 0 Å². The largest absolute Gasteiger partial charge is 0.485 e. The number of nitrogens with zero attached hydrogens (tertiary/aromatic N) is 5. The van der Waals surface area contributed by atoms with E-state index in [1.54, 1.807) is 6.20 Å². The first kappa shape index (κ1) is 18.3. The van der Waals surface area contributed by atoms with Crippen LogP contribution in [0, 0.1) is 0 Å². The molecular weight excluding hydrogens is 354 g/mol. The van der Waals surface area contributed by atoms with E-state index in [1.807, 2.05) is 39.9 Å². The number of rotatable bonds is 5. The fraction of sp³-hybridized carbons (Fsp3) is 0.450. The van der Waals surface area contributed by atoms with Gasteiger partial charge in [-0.15, -0.1) is 0 Å². The van der Waals surface area contributed by atoms with Crippen LogP contribution in [-0.4, -0.2) is 27.4 Å². The molecule has 1 spiro atoms. The Labute approximate surface area is 164 Å². The third-order valence-electron chi connectivity index (χ3n) is 5.44. The number of ether oxygens (including phenoxy) is 1. The van der Waals surface area contributed by atoms with Crippen LogP contribution in [-0.2, 0) is 13.2 Å². The van der Waals surface area contributed by atoms with E-state index in [9.17, 15) is 0 Å². The minimum absolute atomic E-state index is 0.251. The van der Waals surface area contributed by atoms with Crippen molar-refractivity contribution < 1.29 is 4.74 Å². The average molecular weight is 381 g/mol. The fourth-order valence-corrected chi connectivity index (χ4v) is 4.15. The predicted octanol–water partition coefficient (Wildman–Crippen LogP) is 2.59. The molecule has 0 unspecified atom stereocenters. The summed E-state index contributed by atoms with van der Waals surface area (Å²) in [5.41, 5.74) is 13.7. The van der Waals surface area contributed by atoms with Gasteiger partial charge >= 0.3 is 0 Å². The Morgan fingerprint density at radius 1 is 1.11 bits per heavy atom. The standard InChI is InChI=1S/C20H27N7O/c1-2-26-15(10-13-23-26)14-28-17-9-5-4-8-16(17)27-19(22)24-18(21)25-20(27)11-6-3-7-12-20/h4-5,8-10,13H,2-3,6-7,11-12,14H2,1H3,(H4,21,22,24,25). The topological polar surface area (TPSA) is 107 Å². The van der Waals surface area contributed by atoms with Gasteiger partial charge in [0, 0.05) is 12.7 Å². The highest BCUT2D eigenvalue weighted by molar-refractivity contribution is 6.06. The van der Waals surface area contributed by atoms with Crippen molar-refractivity contribution in [2.45, 2.75) is 57.8 Å². The van der Waals surface area contributed by atoms with Crippen molar-refractivity contribution in [3.05, 3.63) is 42.2 Å². The molecule has 1 fully saturated rings. The van der Waals surface area contributed by atoms with Crippen LogP contribution in [0.2, 0.25) is 0 Å². The van der Waals surface area contributed by atoms with Gasteiger partial charge in [-0.05, 0) is 50.8 Å². The van der Waals surface area contributed by atoms with E-state index in [0.717, 1.165) is 49.4 Å². The zero-order chi connectivity index (χ0) is 19.6. The zero-order valence-electron chi connectivity index (χ0n) is 16.2. The first-order chi connectivity index (χ1) is 13.6. The Balaban J connectivity index is 1.67. The fourth-order valence-electron chi connectivity index (χ4n) is 4.15. The molecule has 2 aliphatic rings. The molecule has 28 heavy (non-hydrogen) atoms. The number of nitrogens with two attached hydrogens (primary N) is 2. The molecule has 0 saturated heterocycles. The molecule has 1 aromatic carbocycles. The minimum atomic E-state index is -0.487. The molecule has 4 N–H and O–H groups in total. The highest BCUT2D eigenvalue weighted by Gasteiger charge is 2.43. The monoisotopic (exact) mass is 381 g/mol. The molecule has 2 heterocycles. The van der Waals surface area contributed by atoms with Gasteiger partial charge in [-0.25, -0.2) is 4.99 Å². The summed E-state index contributed by atoms with van der Waals surface area (Å²) in [5.74, 6) is 1.36. The van der Waals surface area contributed by atoms with Crippen molar-refractivity contribution in [3.63, 3.8) is 0 Å². The Bertz CT molecular complexity index is 895. The summed E-state index contributed by atoms with van der Waals surface area (Å²) in [6, 6.07) is 9.86. The van der Waals surface area contributed by atoms with Crippen LogP contribution < -0.4 is 21.1 Å². The van der Waals surface area contributed by atoms with Crippen molar-refractivity contribution in [1.29, 1.82) is 0 Å². The Morgan fingerprint density at radius 3 is 2.68 bits per heavy atom. The summed E-state index contributed by atoms with van der Waals surface area (Å²) in [7, 11) is 0. The Morgan fingerprint density at radius 2 is 1.89 bits per heavy atom. The van der Waals surface area contributed by atoms with Crippen molar-refractivity contribution in [3.8, 4) is 5.75 Å². The van der Waals surface area contributed by atoms with Gasteiger partial charge < -0.3 is 16.2 Å². The summed E-state index contributed by atoms with van der Waals surface area (Å²) >= 11 is 0. The molecule has 1 saturated carbocycles. The van der Waals surface area contributed by atoms with E-state index in [2.05, 4.69) is 17.0 Å². The van der Waals surface area contributed by atoms with E-state index in [-0.39, 0.29) is 5.96 Å². The number of anilines is 1. The first-order valence-corrected chi connectivity index (χ1v) is 9.85. The molecule has 1 aliphatic heterocycles. The predicted molar refractivity (Wildman–Crippen MR) is 110 cm³/mol. The minimum Gasteiger partial charge on any atom is -0.485 e. The van der Waals surface area contributed by atoms with Crippen molar-refractivity contribution in [1.82, 2.24) is 9.78 Å². The summed E-state index contributed by atoms with van der Waals surface area (Å²) < 4.78 is 8.12. The van der Waals surface area contributed by atoms with Crippen LogP contribution in [0.15, 0.2) is 46.5 Å². The maximum atomic E-state index is 6.36. The number of hydrogen-bond donors (Lipinski definition) is 2. The quantitative estimate of drug-likeness (QED) is 0.828. The van der Waals surface area contributed by atoms with Gasteiger partial charge in [-0.2, -0.15) is 10.1 Å². The molecule has 0 atom stereocenters. The molecule has 0 radical (unpaired) electrons. The van der Waals surface area contributed by atoms with Gasteiger partial charge in [-0.3, -0.25) is 9.58 Å². The summed E-state index contributed by atoms with van der Waals surface area (Å²) in [5, 5.41) is 4.30. The summed E-state index contributed by atoms with van der Waals surface area (Å²) in [6.45, 7) is 3.29. The number of guanidine groups is 2. The molecular formula is C20H27N7O. The number of hydrogen-bond acceptors (Lipinski definition) is 7. The van der Waals surface area contributed by atoms with Crippen molar-refractivity contribution in [2.75, 3.05) is 4.90 Å². The SMILES string of the molecule is CCn1nccc1COc1ccccc1N1C(N)=NC(N)=NC12CCCCC2. The second kappa shape index (κ2) is 7.53. The van der Waals surface area contributed by atoms with Gasteiger partial charge in [0.2, 0.25) is 11.9 Å². The van der Waals surface area contributed by atoms with Gasteiger partial charge in [-0.1, -0.05) is 18.6 Å². The van der Waals surface area contributed by atoms with E-state index in [1.165, 1.54) is 6.42 Å². The molecule has 8 heteroatoms. The molecule has 1 aromatic heterocycles. The molecule has 148 valence electrons. The molecule has 0 bridgehead atoms. The summed E-state index contributed by atoms with van der Waals surface area (Å²) in [4.78, 5) is 11.0. The second-order valence-corrected chi connectivity index (χ2v) is 7.21. The van der Waals surface area contributed by atoms with Crippen LogP contribution in [0.4, 0.5) is 5.69 Å². The van der Waals surface area contributed by atoms with E-state index in [4.69, 9.17) is 21.2 Å². The van der Waals surface area contributed by atoms with E-state index >= 15 is 0 Å². The lowest BCUT2D eigenvalue weighted by molar-refractivity contribution is 0.282. The Hall–Kier alpha value is -3.03. The van der Waals surface area contributed by atoms with Gasteiger partial charge in [0.25, 0.3) is 0 Å². The van der Waals surface area contributed by atoms with E-state index in [0.29, 0.717) is 12.6 Å². The van der Waals surface area contributed by atoms with Crippen molar-refractivity contribution in [2.24, 2.45) is 21.5 Å². The number of benzene rings is 1. The van der Waals surface area contributed by atoms with Crippen LogP contribution >= 0.6 is 0 Å². The van der Waals surface area contributed by atoms with Gasteiger partial charge in [0.1, 0.15) is 18.0 Å². The number of para-hydroxylation sites is 2. The lowest BCUT2D eigenvalue weighted by atomic mass is 9.87. The summed E-state index contributed by atoms with van der Waals surface area (Å²) in [6.07, 6.45) is 6.93. The molecule has 8 nitrogen and oxygen atoms in total. The number of aromatic nitrogens is 2. The molecule has 4 rings (SSSR count). The number of aryl methyl sites for hydroxylation is 1. The highest BCUT2D eigenvalue weighted by atomic mass is 16.5. The van der Waals surface area contributed by atoms with Gasteiger partial charge in [0.05, 0.1) is 11.4 Å². The first-order valence-electron chi connectivity index (χ1n) is 9.85. The molecule has 0 amide bonds. The molecule has 1 aliphatic carbocycles. The normalized spacial score (nSPS) is 18.7. The molecule has 2 aromatic rings. The number of aliphatic imine (C=N–C) groups is 2. The third kappa shape index (κ3) is 3.30.